The minimum absolute atomic E-state index is 0.173. The van der Waals surface area contributed by atoms with Crippen LogP contribution in [0.1, 0.15) is 79.2 Å². The van der Waals surface area contributed by atoms with Crippen molar-refractivity contribution in [2.75, 3.05) is 24.6 Å². The molecule has 0 atom stereocenters. The van der Waals surface area contributed by atoms with Crippen LogP contribution in [0, 0.1) is 5.41 Å². The molecule has 2 rings (SSSR count). The Morgan fingerprint density at radius 1 is 1.00 bits per heavy atom. The molecule has 0 saturated carbocycles. The first-order chi connectivity index (χ1) is 11.2. The second-order valence-electron chi connectivity index (χ2n) is 9.20. The topological polar surface area (TPSA) is 12.5 Å². The highest BCUT2D eigenvalue weighted by Crippen LogP contribution is 2.40. The third-order valence-corrected chi connectivity index (χ3v) is 4.87. The zero-order chi connectivity index (χ0) is 17.8. The van der Waals surface area contributed by atoms with Gasteiger partial charge in [0.15, 0.2) is 0 Å². The van der Waals surface area contributed by atoms with E-state index in [1.165, 1.54) is 36.9 Å². The Morgan fingerprint density at radius 3 is 2.25 bits per heavy atom. The molecule has 1 saturated heterocycles. The quantitative estimate of drug-likeness (QED) is 0.617. The summed E-state index contributed by atoms with van der Waals surface area (Å²) in [5, 5.41) is 0. The summed E-state index contributed by atoms with van der Waals surface area (Å²) in [6.45, 7) is 17.0. The summed E-state index contributed by atoms with van der Waals surface area (Å²) in [5.41, 5.74) is 3.24. The highest BCUT2D eigenvalue weighted by molar-refractivity contribution is 5.61. The van der Waals surface area contributed by atoms with Crippen LogP contribution in [0.25, 0.3) is 0 Å². The van der Waals surface area contributed by atoms with Crippen molar-refractivity contribution in [3.8, 4) is 5.75 Å². The Balaban J connectivity index is 2.33. The van der Waals surface area contributed by atoms with E-state index < -0.39 is 0 Å². The summed E-state index contributed by atoms with van der Waals surface area (Å²) in [4.78, 5) is 2.53. The summed E-state index contributed by atoms with van der Waals surface area (Å²) < 4.78 is 6.07. The highest BCUT2D eigenvalue weighted by atomic mass is 16.5. The van der Waals surface area contributed by atoms with Crippen molar-refractivity contribution in [2.24, 2.45) is 5.41 Å². The Bertz CT molecular complexity index is 521. The van der Waals surface area contributed by atoms with Crippen molar-refractivity contribution in [1.29, 1.82) is 0 Å². The van der Waals surface area contributed by atoms with Crippen LogP contribution >= 0.6 is 0 Å². The molecule has 1 fully saturated rings. The monoisotopic (exact) mass is 331 g/mol. The molecule has 1 aliphatic heterocycles. The Hall–Kier alpha value is -1.18. The summed E-state index contributed by atoms with van der Waals surface area (Å²) in [5.74, 6) is 1.06. The SMILES string of the molecule is CCCOc1ccc(C(C)(C)CC(C)(C)C)cc1N1CCCCC1. The molecule has 24 heavy (non-hydrogen) atoms. The molecular formula is C22H37NO. The molecule has 1 heterocycles. The van der Waals surface area contributed by atoms with Gasteiger partial charge < -0.3 is 9.64 Å². The van der Waals surface area contributed by atoms with E-state index in [0.717, 1.165) is 31.9 Å². The van der Waals surface area contributed by atoms with Crippen LogP contribution in [0.4, 0.5) is 5.69 Å². The van der Waals surface area contributed by atoms with Gasteiger partial charge in [0.25, 0.3) is 0 Å². The number of anilines is 1. The lowest BCUT2D eigenvalue weighted by Crippen LogP contribution is -2.31. The van der Waals surface area contributed by atoms with E-state index in [1.807, 2.05) is 0 Å². The smallest absolute Gasteiger partial charge is 0.142 e. The van der Waals surface area contributed by atoms with Gasteiger partial charge in [-0.05, 0) is 60.6 Å². The van der Waals surface area contributed by atoms with Gasteiger partial charge in [-0.2, -0.15) is 0 Å². The molecule has 0 aliphatic carbocycles. The molecule has 2 nitrogen and oxygen atoms in total. The van der Waals surface area contributed by atoms with Crippen molar-refractivity contribution in [1.82, 2.24) is 0 Å². The molecule has 0 aromatic heterocycles. The average Bonchev–Trinajstić information content (AvgIpc) is 2.51. The Kier molecular flexibility index (Phi) is 6.22. The van der Waals surface area contributed by atoms with Gasteiger partial charge in [-0.25, -0.2) is 0 Å². The first kappa shape index (κ1) is 19.1. The van der Waals surface area contributed by atoms with Gasteiger partial charge in [-0.15, -0.1) is 0 Å². The van der Waals surface area contributed by atoms with Gasteiger partial charge in [-0.1, -0.05) is 47.6 Å². The maximum Gasteiger partial charge on any atom is 0.142 e. The number of ether oxygens (including phenoxy) is 1. The van der Waals surface area contributed by atoms with Gasteiger partial charge in [-0.3, -0.25) is 0 Å². The van der Waals surface area contributed by atoms with Crippen LogP contribution in [0.15, 0.2) is 18.2 Å². The first-order valence-corrected chi connectivity index (χ1v) is 9.75. The second kappa shape index (κ2) is 7.80. The largest absolute Gasteiger partial charge is 0.491 e. The molecule has 1 aliphatic rings. The number of piperidine rings is 1. The Morgan fingerprint density at radius 2 is 1.67 bits per heavy atom. The fraction of sp³-hybridized carbons (Fsp3) is 0.727. The molecule has 0 unspecified atom stereocenters. The van der Waals surface area contributed by atoms with Gasteiger partial charge in [0.2, 0.25) is 0 Å². The maximum absolute atomic E-state index is 6.07. The molecule has 1 aromatic carbocycles. The van der Waals surface area contributed by atoms with Gasteiger partial charge in [0.1, 0.15) is 5.75 Å². The minimum Gasteiger partial charge on any atom is -0.491 e. The predicted molar refractivity (Wildman–Crippen MR) is 105 cm³/mol. The van der Waals surface area contributed by atoms with E-state index in [4.69, 9.17) is 4.74 Å². The van der Waals surface area contributed by atoms with Gasteiger partial charge in [0.05, 0.1) is 12.3 Å². The molecule has 2 heteroatoms. The summed E-state index contributed by atoms with van der Waals surface area (Å²) in [6.07, 6.45) is 6.17. The van der Waals surface area contributed by atoms with E-state index >= 15 is 0 Å². The number of rotatable bonds is 6. The molecular weight excluding hydrogens is 294 g/mol. The van der Waals surface area contributed by atoms with E-state index in [1.54, 1.807) is 0 Å². The lowest BCUT2D eigenvalue weighted by Gasteiger charge is -2.35. The highest BCUT2D eigenvalue weighted by Gasteiger charge is 2.28. The minimum atomic E-state index is 0.173. The average molecular weight is 332 g/mol. The van der Waals surface area contributed by atoms with Crippen LogP contribution in [0.5, 0.6) is 5.75 Å². The molecule has 0 N–H and O–H groups in total. The first-order valence-electron chi connectivity index (χ1n) is 9.75. The van der Waals surface area contributed by atoms with Crippen molar-refractivity contribution >= 4 is 5.69 Å². The number of nitrogens with zero attached hydrogens (tertiary/aromatic N) is 1. The van der Waals surface area contributed by atoms with Crippen LogP contribution in [-0.4, -0.2) is 19.7 Å². The normalized spacial score (nSPS) is 16.3. The molecule has 0 amide bonds. The summed E-state index contributed by atoms with van der Waals surface area (Å²) in [6, 6.07) is 6.89. The molecule has 1 aromatic rings. The lowest BCUT2D eigenvalue weighted by molar-refractivity contribution is 0.283. The fourth-order valence-electron chi connectivity index (χ4n) is 4.08. The third-order valence-electron chi connectivity index (χ3n) is 4.87. The second-order valence-corrected chi connectivity index (χ2v) is 9.20. The van der Waals surface area contributed by atoms with Gasteiger partial charge >= 0.3 is 0 Å². The zero-order valence-corrected chi connectivity index (χ0v) is 16.7. The van der Waals surface area contributed by atoms with Crippen molar-refractivity contribution in [3.05, 3.63) is 23.8 Å². The lowest BCUT2D eigenvalue weighted by atomic mass is 9.72. The zero-order valence-electron chi connectivity index (χ0n) is 16.7. The third kappa shape index (κ3) is 5.16. The van der Waals surface area contributed by atoms with E-state index in [0.29, 0.717) is 5.41 Å². The Labute approximate surface area is 149 Å². The molecule has 0 bridgehead atoms. The summed E-state index contributed by atoms with van der Waals surface area (Å²) in [7, 11) is 0. The molecule has 0 spiro atoms. The van der Waals surface area contributed by atoms with Crippen molar-refractivity contribution < 1.29 is 4.74 Å². The fourth-order valence-corrected chi connectivity index (χ4v) is 4.08. The van der Waals surface area contributed by atoms with E-state index in [-0.39, 0.29) is 5.41 Å². The van der Waals surface area contributed by atoms with Crippen LogP contribution in [-0.2, 0) is 5.41 Å². The maximum atomic E-state index is 6.07. The summed E-state index contributed by atoms with van der Waals surface area (Å²) >= 11 is 0. The van der Waals surface area contributed by atoms with Crippen LogP contribution < -0.4 is 9.64 Å². The van der Waals surface area contributed by atoms with Crippen LogP contribution in [0.3, 0.4) is 0 Å². The number of hydrogen-bond acceptors (Lipinski definition) is 2. The molecule has 136 valence electrons. The standard InChI is InChI=1S/C22H37NO/c1-7-15-24-20-12-11-18(22(5,6)17-21(2,3)4)16-19(20)23-13-9-8-10-14-23/h11-12,16H,7-10,13-15,17H2,1-6H3. The number of benzene rings is 1. The van der Waals surface area contributed by atoms with E-state index in [2.05, 4.69) is 64.6 Å². The molecule has 0 radical (unpaired) electrons. The van der Waals surface area contributed by atoms with Crippen molar-refractivity contribution in [2.45, 2.75) is 79.1 Å². The number of hydrogen-bond donors (Lipinski definition) is 0. The van der Waals surface area contributed by atoms with Crippen molar-refractivity contribution in [3.63, 3.8) is 0 Å². The predicted octanol–water partition coefficient (Wildman–Crippen LogP) is 6.18. The van der Waals surface area contributed by atoms with Crippen LogP contribution in [0.2, 0.25) is 0 Å². The van der Waals surface area contributed by atoms with Gasteiger partial charge in [0, 0.05) is 13.1 Å². The van der Waals surface area contributed by atoms with E-state index in [9.17, 15) is 0 Å².